The maximum absolute atomic E-state index is 12.5. The van der Waals surface area contributed by atoms with Crippen molar-refractivity contribution in [3.63, 3.8) is 0 Å². The smallest absolute Gasteiger partial charge is 0.227 e. The molecule has 1 saturated heterocycles. The first-order chi connectivity index (χ1) is 11.1. The highest BCUT2D eigenvalue weighted by Gasteiger charge is 2.37. The molecule has 1 aromatic carbocycles. The van der Waals surface area contributed by atoms with Crippen molar-refractivity contribution in [1.82, 2.24) is 10.2 Å². The summed E-state index contributed by atoms with van der Waals surface area (Å²) in [6, 6.07) is 7.46. The Hall–Kier alpha value is -2.08. The van der Waals surface area contributed by atoms with Crippen LogP contribution in [-0.4, -0.2) is 57.1 Å². The molecule has 2 amide bonds. The standard InChI is InChI=1S/C17H25N3O3/c1-4-23-15-8-6-5-7-14(15)20-12-13(11-16(20)21)17(22)19(3)10-9-18-2/h5-8,13,18H,4,9-12H2,1-3H3. The van der Waals surface area contributed by atoms with Crippen molar-refractivity contribution in [2.24, 2.45) is 5.92 Å². The minimum Gasteiger partial charge on any atom is -0.492 e. The van der Waals surface area contributed by atoms with Crippen molar-refractivity contribution in [1.29, 1.82) is 0 Å². The topological polar surface area (TPSA) is 61.9 Å². The summed E-state index contributed by atoms with van der Waals surface area (Å²) in [6.45, 7) is 4.22. The van der Waals surface area contributed by atoms with Gasteiger partial charge in [0, 0.05) is 33.1 Å². The molecule has 6 heteroatoms. The average Bonchev–Trinajstić information content (AvgIpc) is 2.94. The van der Waals surface area contributed by atoms with Crippen LogP contribution in [0.2, 0.25) is 0 Å². The van der Waals surface area contributed by atoms with Crippen molar-refractivity contribution in [2.45, 2.75) is 13.3 Å². The Balaban J connectivity index is 2.10. The molecule has 1 aliphatic rings. The van der Waals surface area contributed by atoms with Crippen molar-refractivity contribution in [2.75, 3.05) is 45.2 Å². The molecule has 1 N–H and O–H groups in total. The van der Waals surface area contributed by atoms with E-state index in [1.165, 1.54) is 0 Å². The minimum absolute atomic E-state index is 0.0185. The molecule has 1 aliphatic heterocycles. The van der Waals surface area contributed by atoms with Crippen LogP contribution in [0.5, 0.6) is 5.75 Å². The Morgan fingerprint density at radius 3 is 2.87 bits per heavy atom. The first kappa shape index (κ1) is 17.3. The zero-order valence-electron chi connectivity index (χ0n) is 14.0. The number of amides is 2. The number of carbonyl (C=O) groups excluding carboxylic acids is 2. The third kappa shape index (κ3) is 4.01. The number of ether oxygens (including phenoxy) is 1. The maximum atomic E-state index is 12.5. The van der Waals surface area contributed by atoms with Crippen LogP contribution in [0.25, 0.3) is 0 Å². The predicted octanol–water partition coefficient (Wildman–Crippen LogP) is 1.12. The van der Waals surface area contributed by atoms with E-state index in [0.717, 1.165) is 12.2 Å². The number of carbonyl (C=O) groups is 2. The normalized spacial score (nSPS) is 17.4. The summed E-state index contributed by atoms with van der Waals surface area (Å²) >= 11 is 0. The molecule has 0 aliphatic carbocycles. The van der Waals surface area contributed by atoms with Crippen molar-refractivity contribution in [3.8, 4) is 5.75 Å². The molecular weight excluding hydrogens is 294 g/mol. The number of likely N-dealkylation sites (N-methyl/N-ethyl adjacent to an activating group) is 2. The fraction of sp³-hybridized carbons (Fsp3) is 0.529. The van der Waals surface area contributed by atoms with Gasteiger partial charge in [0.15, 0.2) is 0 Å². The summed E-state index contributed by atoms with van der Waals surface area (Å²) in [5, 5.41) is 3.02. The van der Waals surface area contributed by atoms with Crippen LogP contribution in [0, 0.1) is 5.92 Å². The van der Waals surface area contributed by atoms with Crippen molar-refractivity contribution >= 4 is 17.5 Å². The Morgan fingerprint density at radius 1 is 1.43 bits per heavy atom. The van der Waals surface area contributed by atoms with Crippen LogP contribution in [0.15, 0.2) is 24.3 Å². The number of nitrogens with zero attached hydrogens (tertiary/aromatic N) is 2. The van der Waals surface area contributed by atoms with E-state index in [1.54, 1.807) is 16.8 Å². The van der Waals surface area contributed by atoms with Gasteiger partial charge < -0.3 is 19.9 Å². The molecule has 1 heterocycles. The van der Waals surface area contributed by atoms with Crippen LogP contribution in [0.4, 0.5) is 5.69 Å². The van der Waals surface area contributed by atoms with Gasteiger partial charge in [0.1, 0.15) is 5.75 Å². The lowest BCUT2D eigenvalue weighted by Crippen LogP contribution is -2.38. The maximum Gasteiger partial charge on any atom is 0.227 e. The first-order valence-corrected chi connectivity index (χ1v) is 8.00. The second-order valence-electron chi connectivity index (χ2n) is 5.67. The molecule has 1 fully saturated rings. The lowest BCUT2D eigenvalue weighted by atomic mass is 10.1. The number of benzene rings is 1. The first-order valence-electron chi connectivity index (χ1n) is 8.00. The van der Waals surface area contributed by atoms with E-state index in [-0.39, 0.29) is 24.2 Å². The van der Waals surface area contributed by atoms with Crippen LogP contribution in [0.1, 0.15) is 13.3 Å². The highest BCUT2D eigenvalue weighted by molar-refractivity contribution is 6.01. The van der Waals surface area contributed by atoms with Crippen LogP contribution in [0.3, 0.4) is 0 Å². The summed E-state index contributed by atoms with van der Waals surface area (Å²) in [4.78, 5) is 28.2. The van der Waals surface area contributed by atoms with E-state index < -0.39 is 0 Å². The van der Waals surface area contributed by atoms with Gasteiger partial charge in [0.25, 0.3) is 0 Å². The molecule has 6 nitrogen and oxygen atoms in total. The van der Waals surface area contributed by atoms with Crippen LogP contribution < -0.4 is 15.0 Å². The van der Waals surface area contributed by atoms with E-state index in [1.807, 2.05) is 38.2 Å². The molecule has 0 saturated carbocycles. The third-order valence-corrected chi connectivity index (χ3v) is 4.00. The second-order valence-corrected chi connectivity index (χ2v) is 5.67. The summed E-state index contributed by atoms with van der Waals surface area (Å²) < 4.78 is 5.60. The highest BCUT2D eigenvalue weighted by atomic mass is 16.5. The van der Waals surface area contributed by atoms with Gasteiger partial charge in [0.05, 0.1) is 18.2 Å². The second kappa shape index (κ2) is 7.97. The molecular formula is C17H25N3O3. The number of anilines is 1. The number of para-hydroxylation sites is 2. The molecule has 126 valence electrons. The van der Waals surface area contributed by atoms with Gasteiger partial charge in [0.2, 0.25) is 11.8 Å². The van der Waals surface area contributed by atoms with Crippen molar-refractivity contribution < 1.29 is 14.3 Å². The predicted molar refractivity (Wildman–Crippen MR) is 89.6 cm³/mol. The van der Waals surface area contributed by atoms with Gasteiger partial charge in [-0.1, -0.05) is 12.1 Å². The number of rotatable bonds is 7. The fourth-order valence-electron chi connectivity index (χ4n) is 2.76. The van der Waals surface area contributed by atoms with E-state index in [4.69, 9.17) is 4.74 Å². The molecule has 1 unspecified atom stereocenters. The summed E-state index contributed by atoms with van der Waals surface area (Å²) in [5.74, 6) is 0.376. The molecule has 0 spiro atoms. The van der Waals surface area contributed by atoms with Gasteiger partial charge in [-0.15, -0.1) is 0 Å². The van der Waals surface area contributed by atoms with Gasteiger partial charge >= 0.3 is 0 Å². The lowest BCUT2D eigenvalue weighted by molar-refractivity contribution is -0.134. The van der Waals surface area contributed by atoms with Crippen molar-refractivity contribution in [3.05, 3.63) is 24.3 Å². The molecule has 23 heavy (non-hydrogen) atoms. The number of hydrogen-bond acceptors (Lipinski definition) is 4. The largest absolute Gasteiger partial charge is 0.492 e. The molecule has 1 aromatic rings. The monoisotopic (exact) mass is 319 g/mol. The summed E-state index contributed by atoms with van der Waals surface area (Å²) in [6.07, 6.45) is 0.253. The zero-order chi connectivity index (χ0) is 16.8. The quantitative estimate of drug-likeness (QED) is 0.818. The van der Waals surface area contributed by atoms with E-state index in [9.17, 15) is 9.59 Å². The van der Waals surface area contributed by atoms with Gasteiger partial charge in [-0.2, -0.15) is 0 Å². The highest BCUT2D eigenvalue weighted by Crippen LogP contribution is 2.33. The summed E-state index contributed by atoms with van der Waals surface area (Å²) in [7, 11) is 3.63. The zero-order valence-corrected chi connectivity index (χ0v) is 14.0. The van der Waals surface area contributed by atoms with E-state index >= 15 is 0 Å². The molecule has 2 rings (SSSR count). The van der Waals surface area contributed by atoms with Crippen LogP contribution in [-0.2, 0) is 9.59 Å². The molecule has 1 atom stereocenters. The van der Waals surface area contributed by atoms with Gasteiger partial charge in [-0.25, -0.2) is 0 Å². The molecule has 0 radical (unpaired) electrons. The molecule has 0 bridgehead atoms. The molecule has 0 aromatic heterocycles. The van der Waals surface area contributed by atoms with E-state index in [2.05, 4.69) is 5.32 Å². The minimum atomic E-state index is -0.293. The Labute approximate surface area is 137 Å². The van der Waals surface area contributed by atoms with Gasteiger partial charge in [-0.05, 0) is 26.1 Å². The fourth-order valence-corrected chi connectivity index (χ4v) is 2.76. The number of hydrogen-bond donors (Lipinski definition) is 1. The lowest BCUT2D eigenvalue weighted by Gasteiger charge is -2.22. The Morgan fingerprint density at radius 2 is 2.17 bits per heavy atom. The Bertz CT molecular complexity index is 562. The van der Waals surface area contributed by atoms with E-state index in [0.29, 0.717) is 25.4 Å². The van der Waals surface area contributed by atoms with Gasteiger partial charge in [-0.3, -0.25) is 9.59 Å². The third-order valence-electron chi connectivity index (χ3n) is 4.00. The average molecular weight is 319 g/mol. The number of nitrogens with one attached hydrogen (secondary N) is 1. The van der Waals surface area contributed by atoms with Crippen LogP contribution >= 0.6 is 0 Å². The SMILES string of the molecule is CCOc1ccccc1N1CC(C(=O)N(C)CCNC)CC1=O. The summed E-state index contributed by atoms with van der Waals surface area (Å²) in [5.41, 5.74) is 0.743. The Kier molecular flexibility index (Phi) is 5.98.